The summed E-state index contributed by atoms with van der Waals surface area (Å²) in [7, 11) is 3.94. The van der Waals surface area contributed by atoms with Gasteiger partial charge in [-0.05, 0) is 33.0 Å². The quantitative estimate of drug-likeness (QED) is 0.571. The fraction of sp³-hybridized carbons (Fsp3) is 0.875. The van der Waals surface area contributed by atoms with Crippen molar-refractivity contribution in [3.8, 4) is 0 Å². The maximum atomic E-state index is 10.5. The third-order valence-electron chi connectivity index (χ3n) is 2.42. The van der Waals surface area contributed by atoms with E-state index in [9.17, 15) is 4.79 Å². The number of nitrogens with zero attached hydrogens (tertiary/aromatic N) is 1. The van der Waals surface area contributed by atoms with E-state index in [2.05, 4.69) is 17.3 Å². The molecule has 0 amide bonds. The molecule has 1 N–H and O–H groups in total. The standard InChI is InChI=1S/C8H16N2O/c1-9-8(6-11)7-3-4-10(2)5-7/h6-9H,3-5H2,1-2H3. The molecule has 1 rings (SSSR count). The van der Waals surface area contributed by atoms with Gasteiger partial charge in [-0.15, -0.1) is 0 Å². The number of hydrogen-bond donors (Lipinski definition) is 1. The molecule has 0 spiro atoms. The van der Waals surface area contributed by atoms with Crippen LogP contribution in [-0.2, 0) is 4.79 Å². The van der Waals surface area contributed by atoms with Gasteiger partial charge in [-0.2, -0.15) is 0 Å². The minimum atomic E-state index is 0.0555. The first kappa shape index (κ1) is 8.68. The van der Waals surface area contributed by atoms with Gasteiger partial charge in [-0.3, -0.25) is 0 Å². The molecule has 0 aromatic carbocycles. The van der Waals surface area contributed by atoms with Gasteiger partial charge in [0.2, 0.25) is 0 Å². The zero-order valence-corrected chi connectivity index (χ0v) is 7.21. The highest BCUT2D eigenvalue weighted by Gasteiger charge is 2.25. The Balaban J connectivity index is 2.40. The van der Waals surface area contributed by atoms with Crippen LogP contribution in [0.25, 0.3) is 0 Å². The SMILES string of the molecule is CNC(C=O)C1CCN(C)C1. The lowest BCUT2D eigenvalue weighted by molar-refractivity contribution is -0.110. The topological polar surface area (TPSA) is 32.3 Å². The summed E-state index contributed by atoms with van der Waals surface area (Å²) < 4.78 is 0. The van der Waals surface area contributed by atoms with Crippen LogP contribution in [0.5, 0.6) is 0 Å². The van der Waals surface area contributed by atoms with Crippen LogP contribution in [0.4, 0.5) is 0 Å². The van der Waals surface area contributed by atoms with E-state index in [1.165, 1.54) is 0 Å². The van der Waals surface area contributed by atoms with Gasteiger partial charge in [0.25, 0.3) is 0 Å². The molecule has 1 fully saturated rings. The van der Waals surface area contributed by atoms with E-state index in [-0.39, 0.29) is 6.04 Å². The smallest absolute Gasteiger partial charge is 0.137 e. The lowest BCUT2D eigenvalue weighted by Crippen LogP contribution is -2.36. The second-order valence-corrected chi connectivity index (χ2v) is 3.26. The van der Waals surface area contributed by atoms with Gasteiger partial charge in [-0.1, -0.05) is 0 Å². The average molecular weight is 156 g/mol. The van der Waals surface area contributed by atoms with Crippen molar-refractivity contribution in [2.24, 2.45) is 5.92 Å². The van der Waals surface area contributed by atoms with Gasteiger partial charge in [0.1, 0.15) is 6.29 Å². The number of carbonyl (C=O) groups excluding carboxylic acids is 1. The summed E-state index contributed by atoms with van der Waals surface area (Å²) in [5.74, 6) is 0.516. The number of likely N-dealkylation sites (tertiary alicyclic amines) is 1. The van der Waals surface area contributed by atoms with Gasteiger partial charge in [0.05, 0.1) is 6.04 Å². The Labute approximate surface area is 67.8 Å². The Hall–Kier alpha value is -0.410. The van der Waals surface area contributed by atoms with Crippen LogP contribution in [0.15, 0.2) is 0 Å². The van der Waals surface area contributed by atoms with E-state index >= 15 is 0 Å². The maximum Gasteiger partial charge on any atom is 0.137 e. The van der Waals surface area contributed by atoms with Crippen LogP contribution in [0.3, 0.4) is 0 Å². The molecule has 0 radical (unpaired) electrons. The van der Waals surface area contributed by atoms with Gasteiger partial charge in [-0.25, -0.2) is 0 Å². The second-order valence-electron chi connectivity index (χ2n) is 3.26. The van der Waals surface area contributed by atoms with Crippen molar-refractivity contribution in [1.29, 1.82) is 0 Å². The molecule has 0 bridgehead atoms. The summed E-state index contributed by atoms with van der Waals surface area (Å²) in [6.45, 7) is 2.17. The Bertz CT molecular complexity index is 138. The zero-order chi connectivity index (χ0) is 8.27. The van der Waals surface area contributed by atoms with E-state index in [0.717, 1.165) is 25.8 Å². The van der Waals surface area contributed by atoms with E-state index in [0.29, 0.717) is 5.92 Å². The van der Waals surface area contributed by atoms with Crippen molar-refractivity contribution in [1.82, 2.24) is 10.2 Å². The molecule has 3 heteroatoms. The summed E-state index contributed by atoms with van der Waals surface area (Å²) in [6, 6.07) is 0.0555. The first-order chi connectivity index (χ1) is 5.27. The molecule has 1 aliphatic rings. The van der Waals surface area contributed by atoms with Gasteiger partial charge in [0.15, 0.2) is 0 Å². The fourth-order valence-electron chi connectivity index (χ4n) is 1.68. The molecule has 0 aromatic rings. The molecule has 11 heavy (non-hydrogen) atoms. The molecule has 0 aromatic heterocycles. The Morgan fingerprint density at radius 1 is 1.73 bits per heavy atom. The summed E-state index contributed by atoms with van der Waals surface area (Å²) >= 11 is 0. The first-order valence-electron chi connectivity index (χ1n) is 4.09. The molecular formula is C8H16N2O. The third kappa shape index (κ3) is 2.01. The van der Waals surface area contributed by atoms with E-state index < -0.39 is 0 Å². The zero-order valence-electron chi connectivity index (χ0n) is 7.21. The predicted octanol–water partition coefficient (Wildman–Crippen LogP) is -0.275. The largest absolute Gasteiger partial charge is 0.311 e. The number of likely N-dealkylation sites (N-methyl/N-ethyl adjacent to an activating group) is 1. The molecule has 64 valence electrons. The highest BCUT2D eigenvalue weighted by atomic mass is 16.1. The molecule has 0 aliphatic carbocycles. The van der Waals surface area contributed by atoms with Crippen molar-refractivity contribution in [2.45, 2.75) is 12.5 Å². The number of rotatable bonds is 3. The van der Waals surface area contributed by atoms with Gasteiger partial charge in [0, 0.05) is 6.54 Å². The molecule has 1 heterocycles. The van der Waals surface area contributed by atoms with Crippen molar-refractivity contribution in [2.75, 3.05) is 27.2 Å². The summed E-state index contributed by atoms with van der Waals surface area (Å²) in [4.78, 5) is 12.8. The first-order valence-corrected chi connectivity index (χ1v) is 4.09. The fourth-order valence-corrected chi connectivity index (χ4v) is 1.68. The lowest BCUT2D eigenvalue weighted by Gasteiger charge is -2.16. The summed E-state index contributed by atoms with van der Waals surface area (Å²) in [5.41, 5.74) is 0. The van der Waals surface area contributed by atoms with Crippen LogP contribution in [-0.4, -0.2) is 44.4 Å². The van der Waals surface area contributed by atoms with E-state index in [1.807, 2.05) is 7.05 Å². The van der Waals surface area contributed by atoms with Crippen LogP contribution < -0.4 is 5.32 Å². The summed E-state index contributed by atoms with van der Waals surface area (Å²) in [6.07, 6.45) is 2.16. The van der Waals surface area contributed by atoms with Crippen LogP contribution >= 0.6 is 0 Å². The van der Waals surface area contributed by atoms with Crippen molar-refractivity contribution in [3.63, 3.8) is 0 Å². The molecule has 1 aliphatic heterocycles. The number of aldehydes is 1. The average Bonchev–Trinajstić information content (AvgIpc) is 2.39. The van der Waals surface area contributed by atoms with Crippen LogP contribution in [0, 0.1) is 5.92 Å². The Morgan fingerprint density at radius 3 is 2.82 bits per heavy atom. The van der Waals surface area contributed by atoms with E-state index in [4.69, 9.17) is 0 Å². The lowest BCUT2D eigenvalue weighted by atomic mass is 10.0. The Morgan fingerprint density at radius 2 is 2.45 bits per heavy atom. The minimum absolute atomic E-state index is 0.0555. The number of nitrogens with one attached hydrogen (secondary N) is 1. The second kappa shape index (κ2) is 3.83. The summed E-state index contributed by atoms with van der Waals surface area (Å²) in [5, 5.41) is 3.02. The molecule has 1 saturated heterocycles. The van der Waals surface area contributed by atoms with Crippen molar-refractivity contribution >= 4 is 6.29 Å². The maximum absolute atomic E-state index is 10.5. The Kier molecular flexibility index (Phi) is 3.02. The third-order valence-corrected chi connectivity index (χ3v) is 2.42. The minimum Gasteiger partial charge on any atom is -0.311 e. The molecular weight excluding hydrogens is 140 g/mol. The molecule has 2 atom stereocenters. The predicted molar refractivity (Wildman–Crippen MR) is 44.5 cm³/mol. The van der Waals surface area contributed by atoms with Crippen LogP contribution in [0.1, 0.15) is 6.42 Å². The highest BCUT2D eigenvalue weighted by molar-refractivity contribution is 5.58. The molecule has 0 saturated carbocycles. The monoisotopic (exact) mass is 156 g/mol. The van der Waals surface area contributed by atoms with Crippen LogP contribution in [0.2, 0.25) is 0 Å². The molecule has 3 nitrogen and oxygen atoms in total. The highest BCUT2D eigenvalue weighted by Crippen LogP contribution is 2.16. The van der Waals surface area contributed by atoms with Gasteiger partial charge >= 0.3 is 0 Å². The number of hydrogen-bond acceptors (Lipinski definition) is 3. The van der Waals surface area contributed by atoms with Crippen molar-refractivity contribution < 1.29 is 4.79 Å². The van der Waals surface area contributed by atoms with Crippen molar-refractivity contribution in [3.05, 3.63) is 0 Å². The number of carbonyl (C=O) groups is 1. The van der Waals surface area contributed by atoms with E-state index in [1.54, 1.807) is 0 Å². The normalized spacial score (nSPS) is 28.7. The molecule has 2 unspecified atom stereocenters. The van der Waals surface area contributed by atoms with Gasteiger partial charge < -0.3 is 15.0 Å².